The lowest BCUT2D eigenvalue weighted by molar-refractivity contribution is -0.107. The Labute approximate surface area is 114 Å². The summed E-state index contributed by atoms with van der Waals surface area (Å²) in [6.07, 6.45) is 3.32. The summed E-state index contributed by atoms with van der Waals surface area (Å²) >= 11 is 0. The highest BCUT2D eigenvalue weighted by atomic mass is 16.5. The van der Waals surface area contributed by atoms with E-state index in [-0.39, 0.29) is 0 Å². The number of aryl methyl sites for hydroxylation is 1. The van der Waals surface area contributed by atoms with Gasteiger partial charge in [-0.3, -0.25) is 0 Å². The smallest absolute Gasteiger partial charge is 0.122 e. The molecular weight excluding hydrogens is 236 g/mol. The minimum absolute atomic E-state index is 0.575. The maximum absolute atomic E-state index is 10.4. The molecule has 98 valence electrons. The zero-order valence-corrected chi connectivity index (χ0v) is 10.9. The Morgan fingerprint density at radius 1 is 0.947 bits per heavy atom. The van der Waals surface area contributed by atoms with Crippen LogP contribution in [0.15, 0.2) is 54.6 Å². The fourth-order valence-electron chi connectivity index (χ4n) is 1.96. The van der Waals surface area contributed by atoms with Crippen LogP contribution in [-0.2, 0) is 17.8 Å². The topological polar surface area (TPSA) is 26.3 Å². The summed E-state index contributed by atoms with van der Waals surface area (Å²) in [6, 6.07) is 18.1. The molecule has 19 heavy (non-hydrogen) atoms. The quantitative estimate of drug-likeness (QED) is 0.555. The first-order valence-corrected chi connectivity index (χ1v) is 6.58. The first-order chi connectivity index (χ1) is 9.40. The van der Waals surface area contributed by atoms with Gasteiger partial charge in [0.25, 0.3) is 0 Å². The predicted molar refractivity (Wildman–Crippen MR) is 76.2 cm³/mol. The Bertz CT molecular complexity index is 506. The highest BCUT2D eigenvalue weighted by Crippen LogP contribution is 2.21. The summed E-state index contributed by atoms with van der Waals surface area (Å²) in [4.78, 5) is 10.4. The van der Waals surface area contributed by atoms with Gasteiger partial charge < -0.3 is 9.53 Å². The molecule has 0 aliphatic carbocycles. The van der Waals surface area contributed by atoms with Gasteiger partial charge in [0.1, 0.15) is 18.6 Å². The Hall–Kier alpha value is -2.09. The number of benzene rings is 2. The van der Waals surface area contributed by atoms with Crippen molar-refractivity contribution in [3.63, 3.8) is 0 Å². The molecule has 0 saturated heterocycles. The van der Waals surface area contributed by atoms with Crippen LogP contribution in [0.3, 0.4) is 0 Å². The zero-order chi connectivity index (χ0) is 13.3. The van der Waals surface area contributed by atoms with Gasteiger partial charge >= 0.3 is 0 Å². The number of carbonyl (C=O) groups excluding carboxylic acids is 1. The van der Waals surface area contributed by atoms with Crippen LogP contribution in [0.1, 0.15) is 24.0 Å². The molecule has 0 radical (unpaired) electrons. The number of hydrogen-bond donors (Lipinski definition) is 0. The lowest BCUT2D eigenvalue weighted by Crippen LogP contribution is -1.98. The molecule has 0 aromatic heterocycles. The molecule has 0 heterocycles. The monoisotopic (exact) mass is 254 g/mol. The Balaban J connectivity index is 1.97. The van der Waals surface area contributed by atoms with Crippen LogP contribution in [0.5, 0.6) is 5.75 Å². The van der Waals surface area contributed by atoms with Crippen LogP contribution in [-0.4, -0.2) is 6.29 Å². The Kier molecular flexibility index (Phi) is 5.17. The standard InChI is InChI=1S/C17H18O2/c18-13-7-6-11-16-10-4-5-12-17(16)19-14-15-8-2-1-3-9-15/h1-5,8-10,12-13H,6-7,11,14H2. The fraction of sp³-hybridized carbons (Fsp3) is 0.235. The highest BCUT2D eigenvalue weighted by molar-refractivity contribution is 5.49. The zero-order valence-electron chi connectivity index (χ0n) is 10.9. The number of unbranched alkanes of at least 4 members (excludes halogenated alkanes) is 1. The molecule has 2 rings (SSSR count). The first-order valence-electron chi connectivity index (χ1n) is 6.58. The molecular formula is C17H18O2. The van der Waals surface area contributed by atoms with Crippen molar-refractivity contribution in [2.45, 2.75) is 25.9 Å². The minimum Gasteiger partial charge on any atom is -0.489 e. The number of hydrogen-bond acceptors (Lipinski definition) is 2. The fourth-order valence-corrected chi connectivity index (χ4v) is 1.96. The van der Waals surface area contributed by atoms with Crippen LogP contribution in [0, 0.1) is 0 Å². The second-order valence-electron chi connectivity index (χ2n) is 4.44. The van der Waals surface area contributed by atoms with Crippen molar-refractivity contribution in [3.05, 3.63) is 65.7 Å². The average molecular weight is 254 g/mol. The van der Waals surface area contributed by atoms with E-state index in [1.54, 1.807) is 0 Å². The summed E-state index contributed by atoms with van der Waals surface area (Å²) in [6.45, 7) is 0.575. The van der Waals surface area contributed by atoms with E-state index < -0.39 is 0 Å². The van der Waals surface area contributed by atoms with Crippen molar-refractivity contribution in [1.29, 1.82) is 0 Å². The van der Waals surface area contributed by atoms with E-state index in [0.717, 1.165) is 30.4 Å². The third-order valence-corrected chi connectivity index (χ3v) is 2.98. The number of ether oxygens (including phenoxy) is 1. The van der Waals surface area contributed by atoms with E-state index >= 15 is 0 Å². The van der Waals surface area contributed by atoms with E-state index in [1.165, 1.54) is 5.56 Å². The van der Waals surface area contributed by atoms with Gasteiger partial charge in [-0.25, -0.2) is 0 Å². The van der Waals surface area contributed by atoms with E-state index in [0.29, 0.717) is 13.0 Å². The van der Waals surface area contributed by atoms with Crippen molar-refractivity contribution in [2.75, 3.05) is 0 Å². The molecule has 0 saturated carbocycles. The van der Waals surface area contributed by atoms with Crippen molar-refractivity contribution < 1.29 is 9.53 Å². The summed E-state index contributed by atoms with van der Waals surface area (Å²) in [5.41, 5.74) is 2.32. The maximum atomic E-state index is 10.4. The molecule has 0 bridgehead atoms. The second-order valence-corrected chi connectivity index (χ2v) is 4.44. The minimum atomic E-state index is 0.575. The molecule has 0 aliphatic rings. The molecule has 0 unspecified atom stereocenters. The van der Waals surface area contributed by atoms with E-state index in [2.05, 4.69) is 18.2 Å². The SMILES string of the molecule is O=CCCCc1ccccc1OCc1ccccc1. The Morgan fingerprint density at radius 2 is 1.68 bits per heavy atom. The van der Waals surface area contributed by atoms with Gasteiger partial charge in [-0.05, 0) is 30.0 Å². The molecule has 0 atom stereocenters. The van der Waals surface area contributed by atoms with Gasteiger partial charge in [-0.15, -0.1) is 0 Å². The first kappa shape index (κ1) is 13.3. The molecule has 0 amide bonds. The van der Waals surface area contributed by atoms with Gasteiger partial charge in [-0.1, -0.05) is 48.5 Å². The Morgan fingerprint density at radius 3 is 2.47 bits per heavy atom. The third-order valence-electron chi connectivity index (χ3n) is 2.98. The van der Waals surface area contributed by atoms with Crippen molar-refractivity contribution in [1.82, 2.24) is 0 Å². The lowest BCUT2D eigenvalue weighted by atomic mass is 10.1. The molecule has 0 spiro atoms. The molecule has 0 fully saturated rings. The highest BCUT2D eigenvalue weighted by Gasteiger charge is 2.03. The second kappa shape index (κ2) is 7.37. The number of para-hydroxylation sites is 1. The van der Waals surface area contributed by atoms with Gasteiger partial charge in [-0.2, -0.15) is 0 Å². The average Bonchev–Trinajstić information content (AvgIpc) is 2.48. The molecule has 2 aromatic carbocycles. The van der Waals surface area contributed by atoms with Crippen LogP contribution in [0.4, 0.5) is 0 Å². The van der Waals surface area contributed by atoms with E-state index in [1.807, 2.05) is 36.4 Å². The van der Waals surface area contributed by atoms with Crippen LogP contribution in [0.25, 0.3) is 0 Å². The number of rotatable bonds is 7. The lowest BCUT2D eigenvalue weighted by Gasteiger charge is -2.11. The van der Waals surface area contributed by atoms with Crippen molar-refractivity contribution in [2.24, 2.45) is 0 Å². The molecule has 2 nitrogen and oxygen atoms in total. The van der Waals surface area contributed by atoms with Crippen LogP contribution >= 0.6 is 0 Å². The molecule has 0 N–H and O–H groups in total. The molecule has 2 aromatic rings. The van der Waals surface area contributed by atoms with E-state index in [4.69, 9.17) is 4.74 Å². The van der Waals surface area contributed by atoms with E-state index in [9.17, 15) is 4.79 Å². The maximum Gasteiger partial charge on any atom is 0.122 e. The number of carbonyl (C=O) groups is 1. The van der Waals surface area contributed by atoms with Crippen molar-refractivity contribution >= 4 is 6.29 Å². The summed E-state index contributed by atoms with van der Waals surface area (Å²) in [7, 11) is 0. The van der Waals surface area contributed by atoms with Gasteiger partial charge in [0.05, 0.1) is 0 Å². The number of aldehydes is 1. The van der Waals surface area contributed by atoms with Gasteiger partial charge in [0.2, 0.25) is 0 Å². The predicted octanol–water partition coefficient (Wildman–Crippen LogP) is 3.79. The summed E-state index contributed by atoms with van der Waals surface area (Å²) < 4.78 is 5.87. The normalized spacial score (nSPS) is 10.1. The largest absolute Gasteiger partial charge is 0.489 e. The van der Waals surface area contributed by atoms with Crippen LogP contribution in [0.2, 0.25) is 0 Å². The van der Waals surface area contributed by atoms with Crippen molar-refractivity contribution in [3.8, 4) is 5.75 Å². The molecule has 0 aliphatic heterocycles. The van der Waals surface area contributed by atoms with Gasteiger partial charge in [0, 0.05) is 6.42 Å². The summed E-state index contributed by atoms with van der Waals surface area (Å²) in [5, 5.41) is 0. The summed E-state index contributed by atoms with van der Waals surface area (Å²) in [5.74, 6) is 0.914. The molecule has 2 heteroatoms. The third kappa shape index (κ3) is 4.25. The van der Waals surface area contributed by atoms with Gasteiger partial charge in [0.15, 0.2) is 0 Å². The van der Waals surface area contributed by atoms with Crippen LogP contribution < -0.4 is 4.74 Å².